The van der Waals surface area contributed by atoms with E-state index in [1.54, 1.807) is 6.07 Å². The minimum absolute atomic E-state index is 0.0794. The highest BCUT2D eigenvalue weighted by Gasteiger charge is 2.19. The van der Waals surface area contributed by atoms with E-state index in [1.807, 2.05) is 0 Å². The van der Waals surface area contributed by atoms with Gasteiger partial charge in [-0.2, -0.15) is 0 Å². The van der Waals surface area contributed by atoms with Crippen molar-refractivity contribution in [3.05, 3.63) is 27.8 Å². The lowest BCUT2D eigenvalue weighted by Gasteiger charge is -2.08. The smallest absolute Gasteiger partial charge is 0.350 e. The van der Waals surface area contributed by atoms with E-state index >= 15 is 0 Å². The highest BCUT2D eigenvalue weighted by molar-refractivity contribution is 5.98. The van der Waals surface area contributed by atoms with Crippen LogP contribution in [-0.4, -0.2) is 12.9 Å². The normalized spacial score (nSPS) is 10.9. The zero-order valence-corrected chi connectivity index (χ0v) is 16.9. The van der Waals surface area contributed by atoms with Crippen molar-refractivity contribution in [3.8, 4) is 5.75 Å². The quantitative estimate of drug-likeness (QED) is 0.279. The fourth-order valence-electron chi connectivity index (χ4n) is 3.15. The van der Waals surface area contributed by atoms with Gasteiger partial charge in [0.25, 0.3) is 0 Å². The molecule has 1 rings (SSSR count). The van der Waals surface area contributed by atoms with Gasteiger partial charge in [-0.15, -0.1) is 0 Å². The van der Waals surface area contributed by atoms with Gasteiger partial charge in [-0.1, -0.05) is 71.6 Å². The number of carbonyl (C=O) groups excluding carboxylic acids is 1. The minimum Gasteiger partial charge on any atom is -0.496 e. The molecular weight excluding hydrogens is 328 g/mol. The number of unbranched alkanes of at least 4 members (excludes halogenated alkanes) is 9. The SMILES string of the molecule is CCCCCCCCC(=O)c1c(OC)cc(CCCCCCC)oc1=O. The molecule has 0 atom stereocenters. The number of ether oxygens (including phenoxy) is 1. The summed E-state index contributed by atoms with van der Waals surface area (Å²) in [7, 11) is 1.50. The van der Waals surface area contributed by atoms with Gasteiger partial charge >= 0.3 is 5.63 Å². The zero-order chi connectivity index (χ0) is 19.2. The van der Waals surface area contributed by atoms with Crippen LogP contribution in [0.25, 0.3) is 0 Å². The summed E-state index contributed by atoms with van der Waals surface area (Å²) in [5.74, 6) is 0.806. The van der Waals surface area contributed by atoms with Crippen molar-refractivity contribution < 1.29 is 13.9 Å². The van der Waals surface area contributed by atoms with Crippen LogP contribution in [-0.2, 0) is 6.42 Å². The first-order valence-corrected chi connectivity index (χ1v) is 10.4. The summed E-state index contributed by atoms with van der Waals surface area (Å²) < 4.78 is 10.7. The Hall–Kier alpha value is -1.58. The Labute approximate surface area is 158 Å². The molecule has 0 aliphatic heterocycles. The van der Waals surface area contributed by atoms with E-state index in [9.17, 15) is 9.59 Å². The van der Waals surface area contributed by atoms with Crippen LogP contribution >= 0.6 is 0 Å². The van der Waals surface area contributed by atoms with E-state index in [2.05, 4.69) is 13.8 Å². The molecule has 0 amide bonds. The first-order chi connectivity index (χ1) is 12.6. The number of carbonyl (C=O) groups is 1. The lowest BCUT2D eigenvalue weighted by Crippen LogP contribution is -2.17. The van der Waals surface area contributed by atoms with Gasteiger partial charge < -0.3 is 9.15 Å². The van der Waals surface area contributed by atoms with E-state index in [4.69, 9.17) is 9.15 Å². The Morgan fingerprint density at radius 3 is 2.12 bits per heavy atom. The van der Waals surface area contributed by atoms with Gasteiger partial charge in [0.2, 0.25) is 0 Å². The Kier molecular flexibility index (Phi) is 11.7. The summed E-state index contributed by atoms with van der Waals surface area (Å²) in [5.41, 5.74) is -0.473. The number of ketones is 1. The summed E-state index contributed by atoms with van der Waals surface area (Å²) >= 11 is 0. The highest BCUT2D eigenvalue weighted by atomic mass is 16.5. The molecule has 4 nitrogen and oxygen atoms in total. The van der Waals surface area contributed by atoms with Crippen LogP contribution in [0.15, 0.2) is 15.3 Å². The molecule has 0 radical (unpaired) electrons. The summed E-state index contributed by atoms with van der Waals surface area (Å²) in [4.78, 5) is 24.7. The van der Waals surface area contributed by atoms with E-state index in [-0.39, 0.29) is 11.3 Å². The fourth-order valence-corrected chi connectivity index (χ4v) is 3.15. The molecule has 0 aromatic carbocycles. The van der Waals surface area contributed by atoms with Crippen molar-refractivity contribution in [2.75, 3.05) is 7.11 Å². The Morgan fingerprint density at radius 1 is 0.923 bits per heavy atom. The Balaban J connectivity index is 2.59. The van der Waals surface area contributed by atoms with Gasteiger partial charge in [-0.3, -0.25) is 4.79 Å². The number of rotatable bonds is 15. The third kappa shape index (κ3) is 8.20. The fraction of sp³-hybridized carbons (Fsp3) is 0.727. The standard InChI is InChI=1S/C22H36O4/c1-4-6-8-10-12-14-16-19(23)21-20(25-3)17-18(26-22(21)24)15-13-11-9-7-5-2/h17H,4-16H2,1-3H3. The van der Waals surface area contributed by atoms with Crippen molar-refractivity contribution >= 4 is 5.78 Å². The van der Waals surface area contributed by atoms with E-state index < -0.39 is 5.63 Å². The molecule has 4 heteroatoms. The van der Waals surface area contributed by atoms with Crippen LogP contribution in [0.4, 0.5) is 0 Å². The second kappa shape index (κ2) is 13.6. The zero-order valence-electron chi connectivity index (χ0n) is 16.9. The van der Waals surface area contributed by atoms with Crippen LogP contribution in [0, 0.1) is 0 Å². The van der Waals surface area contributed by atoms with Crippen molar-refractivity contribution in [1.82, 2.24) is 0 Å². The van der Waals surface area contributed by atoms with E-state index in [0.717, 1.165) is 32.1 Å². The van der Waals surface area contributed by atoms with Crippen molar-refractivity contribution in [2.24, 2.45) is 0 Å². The Morgan fingerprint density at radius 2 is 1.50 bits per heavy atom. The second-order valence-corrected chi connectivity index (χ2v) is 7.05. The molecule has 1 heterocycles. The topological polar surface area (TPSA) is 56.5 Å². The lowest BCUT2D eigenvalue weighted by molar-refractivity contribution is 0.0971. The molecule has 1 aromatic heterocycles. The molecule has 0 saturated heterocycles. The first-order valence-electron chi connectivity index (χ1n) is 10.4. The largest absolute Gasteiger partial charge is 0.496 e. The van der Waals surface area contributed by atoms with Gasteiger partial charge in [-0.25, -0.2) is 4.79 Å². The maximum atomic E-state index is 12.4. The molecule has 0 aliphatic carbocycles. The highest BCUT2D eigenvalue weighted by Crippen LogP contribution is 2.21. The first kappa shape index (κ1) is 22.5. The van der Waals surface area contributed by atoms with Gasteiger partial charge in [0.05, 0.1) is 7.11 Å². The number of Topliss-reactive ketones (excluding diaryl/α,β-unsaturated/α-hetero) is 1. The average molecular weight is 365 g/mol. The molecule has 148 valence electrons. The van der Waals surface area contributed by atoms with Crippen molar-refractivity contribution in [2.45, 2.75) is 97.3 Å². The molecule has 26 heavy (non-hydrogen) atoms. The van der Waals surface area contributed by atoms with Gasteiger partial charge in [0.1, 0.15) is 17.1 Å². The summed E-state index contributed by atoms with van der Waals surface area (Å²) in [5, 5.41) is 0. The van der Waals surface area contributed by atoms with Gasteiger partial charge in [0.15, 0.2) is 5.78 Å². The molecule has 0 saturated carbocycles. The number of methoxy groups -OCH3 is 1. The van der Waals surface area contributed by atoms with Crippen LogP contribution in [0.3, 0.4) is 0 Å². The van der Waals surface area contributed by atoms with Crippen LogP contribution < -0.4 is 10.4 Å². The average Bonchev–Trinajstić information content (AvgIpc) is 2.63. The molecule has 0 unspecified atom stereocenters. The molecular formula is C22H36O4. The maximum absolute atomic E-state index is 12.4. The number of aryl methyl sites for hydroxylation is 1. The number of hydrogen-bond acceptors (Lipinski definition) is 4. The second-order valence-electron chi connectivity index (χ2n) is 7.05. The molecule has 1 aromatic rings. The molecule has 0 spiro atoms. The van der Waals surface area contributed by atoms with E-state index in [0.29, 0.717) is 24.4 Å². The molecule has 0 bridgehead atoms. The third-order valence-corrected chi connectivity index (χ3v) is 4.75. The van der Waals surface area contributed by atoms with Crippen molar-refractivity contribution in [3.63, 3.8) is 0 Å². The summed E-state index contributed by atoms with van der Waals surface area (Å²) in [6.45, 7) is 4.37. The molecule has 0 N–H and O–H groups in total. The summed E-state index contributed by atoms with van der Waals surface area (Å²) in [6, 6.07) is 1.72. The molecule has 0 fully saturated rings. The van der Waals surface area contributed by atoms with Crippen LogP contribution in [0.1, 0.15) is 107 Å². The van der Waals surface area contributed by atoms with Crippen LogP contribution in [0.2, 0.25) is 0 Å². The van der Waals surface area contributed by atoms with Crippen molar-refractivity contribution in [1.29, 1.82) is 0 Å². The Bertz CT molecular complexity index is 574. The van der Waals surface area contributed by atoms with Gasteiger partial charge in [0, 0.05) is 18.9 Å². The molecule has 0 aliphatic rings. The van der Waals surface area contributed by atoms with Crippen LogP contribution in [0.5, 0.6) is 5.75 Å². The summed E-state index contributed by atoms with van der Waals surface area (Å²) in [6.07, 6.45) is 13.5. The van der Waals surface area contributed by atoms with E-state index in [1.165, 1.54) is 45.6 Å². The lowest BCUT2D eigenvalue weighted by atomic mass is 10.0. The monoisotopic (exact) mass is 364 g/mol. The number of hydrogen-bond donors (Lipinski definition) is 0. The minimum atomic E-state index is -0.552. The predicted octanol–water partition coefficient (Wildman–Crippen LogP) is 6.09. The third-order valence-electron chi connectivity index (χ3n) is 4.75. The predicted molar refractivity (Wildman–Crippen MR) is 106 cm³/mol. The maximum Gasteiger partial charge on any atom is 0.350 e. The van der Waals surface area contributed by atoms with Gasteiger partial charge in [-0.05, 0) is 12.8 Å².